The van der Waals surface area contributed by atoms with Gasteiger partial charge in [0.1, 0.15) is 0 Å². The van der Waals surface area contributed by atoms with Gasteiger partial charge in [0.15, 0.2) is 17.5 Å². The van der Waals surface area contributed by atoms with Gasteiger partial charge in [-0.1, -0.05) is 146 Å². The maximum atomic E-state index is 9.36. The van der Waals surface area contributed by atoms with Gasteiger partial charge in [-0.2, -0.15) is 0 Å². The van der Waals surface area contributed by atoms with Gasteiger partial charge in [0.25, 0.3) is 0 Å². The number of aromatic nitrogens is 3. The molecule has 0 saturated heterocycles. The molecule has 0 fully saturated rings. The van der Waals surface area contributed by atoms with Crippen LogP contribution < -0.4 is 5.19 Å². The largest absolute Gasteiger partial charge is 0.208 e. The molecule has 1 heterocycles. The molecule has 0 aliphatic carbocycles. The lowest BCUT2D eigenvalue weighted by atomic mass is 9.98. The van der Waals surface area contributed by atoms with Crippen LogP contribution in [0.1, 0.15) is 16.4 Å². The lowest BCUT2D eigenvalue weighted by Crippen LogP contribution is -2.37. The second-order valence-electron chi connectivity index (χ2n) is 10.0. The van der Waals surface area contributed by atoms with Crippen LogP contribution in [-0.4, -0.2) is 23.0 Å². The number of hydrogen-bond acceptors (Lipinski definition) is 3. The van der Waals surface area contributed by atoms with Crippen LogP contribution in [0.15, 0.2) is 133 Å². The van der Waals surface area contributed by atoms with E-state index in [2.05, 4.69) is 15.0 Å². The maximum absolute atomic E-state index is 9.36. The first-order valence-electron chi connectivity index (χ1n) is 18.7. The average molecular weight is 546 g/mol. The zero-order valence-electron chi connectivity index (χ0n) is 34.1. The summed E-state index contributed by atoms with van der Waals surface area (Å²) in [5, 5.41) is 0.256. The van der Waals surface area contributed by atoms with Crippen LogP contribution in [0.5, 0.6) is 0 Å². The molecule has 0 N–H and O–H groups in total. The van der Waals surface area contributed by atoms with Crippen molar-refractivity contribution in [2.24, 2.45) is 0 Å². The van der Waals surface area contributed by atoms with E-state index in [9.17, 15) is 2.74 Å². The van der Waals surface area contributed by atoms with Crippen LogP contribution in [-0.2, 0) is 0 Å². The summed E-state index contributed by atoms with van der Waals surface area (Å²) in [4.78, 5) is 13.8. The maximum Gasteiger partial charge on any atom is 0.164 e. The van der Waals surface area contributed by atoms with E-state index < -0.39 is 90.8 Å². The predicted octanol–water partition coefficient (Wildman–Crippen LogP) is 8.75. The fourth-order valence-electron chi connectivity index (χ4n) is 3.91. The molecule has 0 unspecified atom stereocenters. The van der Waals surface area contributed by atoms with Crippen molar-refractivity contribution >= 4 is 13.3 Å². The molecule has 0 atom stereocenters. The van der Waals surface area contributed by atoms with Crippen molar-refractivity contribution in [3.05, 3.63) is 133 Å². The van der Waals surface area contributed by atoms with Crippen LogP contribution in [0.25, 0.3) is 56.4 Å². The highest BCUT2D eigenvalue weighted by atomic mass is 28.3. The van der Waals surface area contributed by atoms with E-state index in [0.29, 0.717) is 11.1 Å². The van der Waals surface area contributed by atoms with Crippen molar-refractivity contribution in [2.75, 3.05) is 0 Å². The fraction of sp³-hybridized carbons (Fsp3) is 0.0833. The molecular formula is C36H31N3Si. The summed E-state index contributed by atoms with van der Waals surface area (Å²) >= 11 is 0. The second kappa shape index (κ2) is 10.8. The van der Waals surface area contributed by atoms with Crippen LogP contribution in [0, 0.1) is 0 Å². The Morgan fingerprint density at radius 3 is 1.32 bits per heavy atom. The molecule has 4 heteroatoms. The van der Waals surface area contributed by atoms with Crippen LogP contribution in [0.2, 0.25) is 19.6 Å². The minimum atomic E-state index is -2.42. The van der Waals surface area contributed by atoms with E-state index >= 15 is 0 Å². The second-order valence-corrected chi connectivity index (χ2v) is 15.0. The Labute approximate surface area is 254 Å². The highest BCUT2D eigenvalue weighted by molar-refractivity contribution is 6.88. The Balaban J connectivity index is 1.70. The van der Waals surface area contributed by atoms with E-state index in [1.807, 2.05) is 31.8 Å². The summed E-state index contributed by atoms with van der Waals surface area (Å²) < 4.78 is 107. The van der Waals surface area contributed by atoms with E-state index in [0.717, 1.165) is 0 Å². The molecule has 3 nitrogen and oxygen atoms in total. The molecule has 194 valence electrons. The lowest BCUT2D eigenvalue weighted by molar-refractivity contribution is 1.07. The molecule has 0 saturated carbocycles. The number of hydrogen-bond donors (Lipinski definition) is 0. The van der Waals surface area contributed by atoms with E-state index in [1.54, 1.807) is 48.5 Å². The Bertz CT molecular complexity index is 2330. The highest BCUT2D eigenvalue weighted by Gasteiger charge is 2.16. The van der Waals surface area contributed by atoms with Gasteiger partial charge in [-0.05, 0) is 34.3 Å². The molecule has 0 spiro atoms. The van der Waals surface area contributed by atoms with Gasteiger partial charge in [0.2, 0.25) is 0 Å². The van der Waals surface area contributed by atoms with Gasteiger partial charge in [-0.3, -0.25) is 0 Å². The van der Waals surface area contributed by atoms with Crippen LogP contribution in [0.4, 0.5) is 0 Å². The van der Waals surface area contributed by atoms with Crippen molar-refractivity contribution < 1.29 is 16.4 Å². The molecular weight excluding hydrogens is 503 g/mol. The predicted molar refractivity (Wildman–Crippen MR) is 170 cm³/mol. The molecule has 0 bridgehead atoms. The Morgan fingerprint density at radius 1 is 0.450 bits per heavy atom. The highest BCUT2D eigenvalue weighted by Crippen LogP contribution is 2.30. The van der Waals surface area contributed by atoms with Crippen LogP contribution >= 0.6 is 0 Å². The zero-order valence-corrected chi connectivity index (χ0v) is 23.1. The first kappa shape index (κ1) is 15.2. The Morgan fingerprint density at radius 2 is 0.850 bits per heavy atom. The Hall–Kier alpha value is -4.67. The van der Waals surface area contributed by atoms with Crippen molar-refractivity contribution in [2.45, 2.75) is 19.6 Å². The van der Waals surface area contributed by atoms with E-state index in [1.165, 1.54) is 0 Å². The van der Waals surface area contributed by atoms with Crippen LogP contribution in [0.3, 0.4) is 0 Å². The summed E-state index contributed by atoms with van der Waals surface area (Å²) in [6, 6.07) is 10.8. The van der Waals surface area contributed by atoms with Gasteiger partial charge in [-0.25, -0.2) is 15.0 Å². The summed E-state index contributed by atoms with van der Waals surface area (Å²) in [6.45, 7) is 5.61. The SMILES string of the molecule is [2H]c1c([2H])c(-c2nc(-c3ccccc3)nc(-c3ccccc3)n2)c([2H])c(-c2c([2H])c([2H])c([2H])c(-c3c([2H])c([2H])c([Si](C)(C)C)c([2H])c3[2H])c2[2H])c1[2H]. The zero-order chi connectivity index (χ0) is 38.0. The number of nitrogens with zero attached hydrogens (tertiary/aromatic N) is 3. The number of benzene rings is 5. The van der Waals surface area contributed by atoms with Gasteiger partial charge in [0.05, 0.1) is 24.5 Å². The molecule has 0 aliphatic rings. The van der Waals surface area contributed by atoms with E-state index in [4.69, 9.17) is 13.7 Å². The standard InChI is InChI=1S/C36H31N3Si/c1-40(2,3)33-22-20-26(21-23-33)29-16-10-17-30(24-29)31-18-11-19-32(25-31)36-38-34(27-12-6-4-7-13-27)37-35(39-36)28-14-8-5-9-15-28/h4-25H,1-3H3/i10D,11D,16D,17D,18D,19D,20D,21D,22D,23D,24D,25D. The van der Waals surface area contributed by atoms with Crippen molar-refractivity contribution in [1.29, 1.82) is 0 Å². The summed E-state index contributed by atoms with van der Waals surface area (Å²) in [5.41, 5.74) is -0.971. The molecule has 6 rings (SSSR count). The smallest absolute Gasteiger partial charge is 0.164 e. The minimum Gasteiger partial charge on any atom is -0.208 e. The van der Waals surface area contributed by atoms with Gasteiger partial charge < -0.3 is 0 Å². The molecule has 0 radical (unpaired) electrons. The third-order valence-corrected chi connectivity index (χ3v) is 7.80. The van der Waals surface area contributed by atoms with Gasteiger partial charge in [0, 0.05) is 16.7 Å². The Kier molecular flexibility index (Phi) is 4.12. The summed E-state index contributed by atoms with van der Waals surface area (Å²) in [5.74, 6) is 0.224. The van der Waals surface area contributed by atoms with Gasteiger partial charge >= 0.3 is 0 Å². The molecule has 0 aliphatic heterocycles. The summed E-state index contributed by atoms with van der Waals surface area (Å²) in [6.07, 6.45) is 0. The molecule has 6 aromatic rings. The topological polar surface area (TPSA) is 38.7 Å². The molecule has 40 heavy (non-hydrogen) atoms. The van der Waals surface area contributed by atoms with Crippen molar-refractivity contribution in [1.82, 2.24) is 15.0 Å². The molecule has 0 amide bonds. The molecule has 5 aromatic carbocycles. The van der Waals surface area contributed by atoms with Gasteiger partial charge in [-0.15, -0.1) is 0 Å². The van der Waals surface area contributed by atoms with Crippen molar-refractivity contribution in [3.8, 4) is 56.4 Å². The fourth-order valence-corrected chi connectivity index (χ4v) is 4.78. The summed E-state index contributed by atoms with van der Waals surface area (Å²) in [7, 11) is -2.42. The minimum absolute atomic E-state index is 0.180. The average Bonchev–Trinajstić information content (AvgIpc) is 3.12. The lowest BCUT2D eigenvalue weighted by Gasteiger charge is -2.17. The normalized spacial score (nSPS) is 15.6. The quantitative estimate of drug-likeness (QED) is 0.196. The first-order valence-corrected chi connectivity index (χ1v) is 16.2. The monoisotopic (exact) mass is 545 g/mol. The molecule has 1 aromatic heterocycles. The third-order valence-electron chi connectivity index (χ3n) is 6.05. The van der Waals surface area contributed by atoms with E-state index in [-0.39, 0.29) is 40.3 Å². The number of rotatable bonds is 6. The third kappa shape index (κ3) is 5.53. The first-order chi connectivity index (χ1) is 24.5. The van der Waals surface area contributed by atoms with Crippen molar-refractivity contribution in [3.63, 3.8) is 0 Å².